The van der Waals surface area contributed by atoms with Crippen LogP contribution in [0, 0.1) is 5.92 Å². The molecule has 3 heteroatoms. The van der Waals surface area contributed by atoms with Crippen molar-refractivity contribution in [3.05, 3.63) is 33.8 Å². The van der Waals surface area contributed by atoms with Crippen LogP contribution in [0.15, 0.2) is 18.2 Å². The Morgan fingerprint density at radius 3 is 2.56 bits per heavy atom. The van der Waals surface area contributed by atoms with Gasteiger partial charge in [0, 0.05) is 16.1 Å². The summed E-state index contributed by atoms with van der Waals surface area (Å²) in [5.41, 5.74) is 1.07. The van der Waals surface area contributed by atoms with Gasteiger partial charge >= 0.3 is 0 Å². The molecule has 0 radical (unpaired) electrons. The summed E-state index contributed by atoms with van der Waals surface area (Å²) in [6.45, 7) is 7.54. The average molecular weight is 260 g/mol. The number of rotatable bonds is 5. The first-order chi connectivity index (χ1) is 7.54. The van der Waals surface area contributed by atoms with Crippen molar-refractivity contribution in [1.82, 2.24) is 5.32 Å². The molecule has 90 valence electrons. The molecule has 1 aromatic carbocycles. The highest BCUT2D eigenvalue weighted by Gasteiger charge is 2.10. The quantitative estimate of drug-likeness (QED) is 0.809. The SMILES string of the molecule is CCC(C)CNC(C)c1cc(Cl)ccc1Cl. The van der Waals surface area contributed by atoms with E-state index in [1.54, 1.807) is 0 Å². The molecule has 2 unspecified atom stereocenters. The van der Waals surface area contributed by atoms with Gasteiger partial charge in [-0.3, -0.25) is 0 Å². The zero-order chi connectivity index (χ0) is 12.1. The van der Waals surface area contributed by atoms with E-state index in [1.807, 2.05) is 18.2 Å². The van der Waals surface area contributed by atoms with Gasteiger partial charge < -0.3 is 5.32 Å². The summed E-state index contributed by atoms with van der Waals surface area (Å²) in [5, 5.41) is 4.98. The van der Waals surface area contributed by atoms with Crippen molar-refractivity contribution in [3.63, 3.8) is 0 Å². The van der Waals surface area contributed by atoms with Crippen LogP contribution in [0.2, 0.25) is 10.0 Å². The van der Waals surface area contributed by atoms with Crippen molar-refractivity contribution in [1.29, 1.82) is 0 Å². The van der Waals surface area contributed by atoms with E-state index in [0.717, 1.165) is 22.2 Å². The third-order valence-corrected chi connectivity index (χ3v) is 3.47. The lowest BCUT2D eigenvalue weighted by Gasteiger charge is -2.18. The molecule has 0 saturated heterocycles. The van der Waals surface area contributed by atoms with Crippen LogP contribution in [0.5, 0.6) is 0 Å². The first-order valence-corrected chi connectivity index (χ1v) is 6.48. The van der Waals surface area contributed by atoms with Gasteiger partial charge in [0.15, 0.2) is 0 Å². The number of hydrogen-bond donors (Lipinski definition) is 1. The predicted octanol–water partition coefficient (Wildman–Crippen LogP) is 4.69. The molecule has 0 saturated carbocycles. The monoisotopic (exact) mass is 259 g/mol. The summed E-state index contributed by atoms with van der Waals surface area (Å²) in [4.78, 5) is 0. The number of nitrogens with one attached hydrogen (secondary N) is 1. The van der Waals surface area contributed by atoms with Gasteiger partial charge in [-0.2, -0.15) is 0 Å². The van der Waals surface area contributed by atoms with Crippen LogP contribution in [-0.4, -0.2) is 6.54 Å². The van der Waals surface area contributed by atoms with E-state index < -0.39 is 0 Å². The summed E-state index contributed by atoms with van der Waals surface area (Å²) < 4.78 is 0. The Bertz CT molecular complexity index is 339. The summed E-state index contributed by atoms with van der Waals surface area (Å²) in [7, 11) is 0. The molecule has 0 aliphatic carbocycles. The van der Waals surface area contributed by atoms with Gasteiger partial charge in [-0.25, -0.2) is 0 Å². The van der Waals surface area contributed by atoms with Crippen LogP contribution in [0.25, 0.3) is 0 Å². The van der Waals surface area contributed by atoms with Gasteiger partial charge in [0.05, 0.1) is 0 Å². The Hall–Kier alpha value is -0.240. The zero-order valence-electron chi connectivity index (χ0n) is 10.1. The van der Waals surface area contributed by atoms with Crippen LogP contribution in [0.3, 0.4) is 0 Å². The van der Waals surface area contributed by atoms with Gasteiger partial charge in [0.25, 0.3) is 0 Å². The molecule has 0 amide bonds. The van der Waals surface area contributed by atoms with E-state index in [1.165, 1.54) is 6.42 Å². The highest BCUT2D eigenvalue weighted by molar-refractivity contribution is 6.33. The molecule has 0 aliphatic rings. The molecule has 0 spiro atoms. The van der Waals surface area contributed by atoms with Crippen LogP contribution < -0.4 is 5.32 Å². The zero-order valence-corrected chi connectivity index (χ0v) is 11.6. The van der Waals surface area contributed by atoms with E-state index in [4.69, 9.17) is 23.2 Å². The molecule has 1 aromatic rings. The third kappa shape index (κ3) is 3.97. The fourth-order valence-electron chi connectivity index (χ4n) is 1.48. The lowest BCUT2D eigenvalue weighted by atomic mass is 10.1. The molecule has 1 rings (SSSR count). The van der Waals surface area contributed by atoms with Crippen molar-refractivity contribution < 1.29 is 0 Å². The minimum atomic E-state index is 0.236. The minimum absolute atomic E-state index is 0.236. The molecule has 0 aliphatic heterocycles. The maximum absolute atomic E-state index is 6.14. The van der Waals surface area contributed by atoms with Gasteiger partial charge in [-0.15, -0.1) is 0 Å². The molecule has 2 atom stereocenters. The Morgan fingerprint density at radius 1 is 1.25 bits per heavy atom. The van der Waals surface area contributed by atoms with Crippen LogP contribution >= 0.6 is 23.2 Å². The lowest BCUT2D eigenvalue weighted by Crippen LogP contribution is -2.24. The second kappa shape index (κ2) is 6.48. The number of hydrogen-bond acceptors (Lipinski definition) is 1. The number of halogens is 2. The van der Waals surface area contributed by atoms with Gasteiger partial charge in [0.1, 0.15) is 0 Å². The largest absolute Gasteiger partial charge is 0.310 e. The maximum atomic E-state index is 6.14. The first kappa shape index (κ1) is 13.8. The summed E-state index contributed by atoms with van der Waals surface area (Å²) in [6, 6.07) is 5.83. The van der Waals surface area contributed by atoms with Crippen molar-refractivity contribution in [2.24, 2.45) is 5.92 Å². The first-order valence-electron chi connectivity index (χ1n) is 5.73. The predicted molar refractivity (Wildman–Crippen MR) is 72.3 cm³/mol. The molecular weight excluding hydrogens is 241 g/mol. The second-order valence-electron chi connectivity index (χ2n) is 4.31. The third-order valence-electron chi connectivity index (χ3n) is 2.89. The van der Waals surface area contributed by atoms with Gasteiger partial charge in [0.2, 0.25) is 0 Å². The highest BCUT2D eigenvalue weighted by atomic mass is 35.5. The Balaban J connectivity index is 2.65. The average Bonchev–Trinajstić information content (AvgIpc) is 2.28. The van der Waals surface area contributed by atoms with E-state index in [-0.39, 0.29) is 6.04 Å². The van der Waals surface area contributed by atoms with Gasteiger partial charge in [-0.05, 0) is 43.1 Å². The topological polar surface area (TPSA) is 12.0 Å². The van der Waals surface area contributed by atoms with Crippen LogP contribution in [-0.2, 0) is 0 Å². The fourth-order valence-corrected chi connectivity index (χ4v) is 1.94. The highest BCUT2D eigenvalue weighted by Crippen LogP contribution is 2.26. The van der Waals surface area contributed by atoms with Crippen molar-refractivity contribution in [2.75, 3.05) is 6.54 Å². The fraction of sp³-hybridized carbons (Fsp3) is 0.538. The van der Waals surface area contributed by atoms with Crippen LogP contribution in [0.1, 0.15) is 38.8 Å². The summed E-state index contributed by atoms with van der Waals surface area (Å²) in [5.74, 6) is 0.681. The Labute approximate surface area is 108 Å². The maximum Gasteiger partial charge on any atom is 0.0454 e. The Morgan fingerprint density at radius 2 is 1.94 bits per heavy atom. The standard InChI is InChI=1S/C13H19Cl2N/c1-4-9(2)8-16-10(3)12-7-11(14)5-6-13(12)15/h5-7,9-10,16H,4,8H2,1-3H3. The second-order valence-corrected chi connectivity index (χ2v) is 5.15. The van der Waals surface area contributed by atoms with E-state index in [9.17, 15) is 0 Å². The van der Waals surface area contributed by atoms with Gasteiger partial charge in [-0.1, -0.05) is 43.5 Å². The molecule has 1 N–H and O–H groups in total. The minimum Gasteiger partial charge on any atom is -0.310 e. The molecule has 0 heterocycles. The molecule has 0 aromatic heterocycles. The lowest BCUT2D eigenvalue weighted by molar-refractivity contribution is 0.461. The molecular formula is C13H19Cl2N. The summed E-state index contributed by atoms with van der Waals surface area (Å²) >= 11 is 12.1. The van der Waals surface area contributed by atoms with Crippen LogP contribution in [0.4, 0.5) is 0 Å². The Kier molecular flexibility index (Phi) is 5.60. The molecule has 16 heavy (non-hydrogen) atoms. The van der Waals surface area contributed by atoms with E-state index >= 15 is 0 Å². The number of benzene rings is 1. The molecule has 0 fully saturated rings. The molecule has 1 nitrogen and oxygen atoms in total. The van der Waals surface area contributed by atoms with E-state index in [2.05, 4.69) is 26.1 Å². The van der Waals surface area contributed by atoms with Crippen molar-refractivity contribution >= 4 is 23.2 Å². The van der Waals surface area contributed by atoms with Crippen molar-refractivity contribution in [3.8, 4) is 0 Å². The van der Waals surface area contributed by atoms with E-state index in [0.29, 0.717) is 5.92 Å². The summed E-state index contributed by atoms with van der Waals surface area (Å²) in [6.07, 6.45) is 1.18. The van der Waals surface area contributed by atoms with Crippen molar-refractivity contribution in [2.45, 2.75) is 33.2 Å². The molecule has 0 bridgehead atoms. The smallest absolute Gasteiger partial charge is 0.0454 e. The normalized spacial score (nSPS) is 14.8.